The number of aliphatic hydroxyl groups is 1. The van der Waals surface area contributed by atoms with Crippen molar-refractivity contribution in [1.82, 2.24) is 0 Å². The molecule has 0 bridgehead atoms. The van der Waals surface area contributed by atoms with E-state index in [1.165, 1.54) is 12.1 Å². The van der Waals surface area contributed by atoms with Gasteiger partial charge in [-0.2, -0.15) is 0 Å². The zero-order valence-electron chi connectivity index (χ0n) is 8.58. The summed E-state index contributed by atoms with van der Waals surface area (Å²) in [5.74, 6) is -2.85. The molecule has 0 aromatic heterocycles. The van der Waals surface area contributed by atoms with Gasteiger partial charge in [0.2, 0.25) is 0 Å². The predicted octanol–water partition coefficient (Wildman–Crippen LogP) is 2.18. The maximum atomic E-state index is 13.0. The predicted molar refractivity (Wildman–Crippen MR) is 54.6 cm³/mol. The van der Waals surface area contributed by atoms with E-state index in [9.17, 15) is 8.78 Å². The van der Waals surface area contributed by atoms with Crippen LogP contribution in [0.2, 0.25) is 0 Å². The summed E-state index contributed by atoms with van der Waals surface area (Å²) in [6, 6.07) is 5.61. The fraction of sp³-hybridized carbons (Fsp3) is 0.455. The summed E-state index contributed by atoms with van der Waals surface area (Å²) < 4.78 is 26.0. The van der Waals surface area contributed by atoms with Crippen LogP contribution in [-0.2, 0) is 5.92 Å². The second kappa shape index (κ2) is 4.68. The first-order chi connectivity index (χ1) is 6.95. The average Bonchev–Trinajstić information content (AvgIpc) is 2.17. The van der Waals surface area contributed by atoms with Crippen LogP contribution < -0.4 is 5.73 Å². The van der Waals surface area contributed by atoms with Crippen LogP contribution in [0.15, 0.2) is 24.3 Å². The second-order valence-corrected chi connectivity index (χ2v) is 3.63. The van der Waals surface area contributed by atoms with E-state index in [4.69, 9.17) is 10.8 Å². The van der Waals surface area contributed by atoms with E-state index < -0.39 is 12.0 Å². The number of alkyl halides is 2. The molecule has 1 rings (SSSR count). The summed E-state index contributed by atoms with van der Waals surface area (Å²) in [5, 5.41) is 8.70. The minimum Gasteiger partial charge on any atom is -0.396 e. The Labute approximate surface area is 87.7 Å². The SMILES string of the molecule is CC(F)(F)c1cccc(C(N)CCO)c1. The summed E-state index contributed by atoms with van der Waals surface area (Å²) in [6.07, 6.45) is 0.374. The van der Waals surface area contributed by atoms with Crippen LogP contribution in [-0.4, -0.2) is 11.7 Å². The van der Waals surface area contributed by atoms with E-state index in [1.807, 2.05) is 0 Å². The van der Waals surface area contributed by atoms with Gasteiger partial charge in [-0.25, -0.2) is 8.78 Å². The zero-order valence-corrected chi connectivity index (χ0v) is 8.58. The second-order valence-electron chi connectivity index (χ2n) is 3.63. The number of hydrogen-bond acceptors (Lipinski definition) is 2. The third-order valence-electron chi connectivity index (χ3n) is 2.26. The van der Waals surface area contributed by atoms with Crippen LogP contribution >= 0.6 is 0 Å². The zero-order chi connectivity index (χ0) is 11.5. The summed E-state index contributed by atoms with van der Waals surface area (Å²) >= 11 is 0. The molecule has 1 aromatic rings. The third kappa shape index (κ3) is 3.25. The fourth-order valence-electron chi connectivity index (χ4n) is 1.35. The van der Waals surface area contributed by atoms with Gasteiger partial charge in [0, 0.05) is 25.1 Å². The van der Waals surface area contributed by atoms with Gasteiger partial charge < -0.3 is 10.8 Å². The highest BCUT2D eigenvalue weighted by atomic mass is 19.3. The number of aliphatic hydroxyl groups excluding tert-OH is 1. The fourth-order valence-corrected chi connectivity index (χ4v) is 1.35. The topological polar surface area (TPSA) is 46.2 Å². The molecule has 4 heteroatoms. The van der Waals surface area contributed by atoms with Gasteiger partial charge in [0.05, 0.1) is 0 Å². The molecule has 1 unspecified atom stereocenters. The summed E-state index contributed by atoms with van der Waals surface area (Å²) in [4.78, 5) is 0. The van der Waals surface area contributed by atoms with Crippen LogP contribution in [0.25, 0.3) is 0 Å². The molecule has 1 aromatic carbocycles. The lowest BCUT2D eigenvalue weighted by molar-refractivity contribution is 0.0174. The molecule has 1 atom stereocenters. The summed E-state index contributed by atoms with van der Waals surface area (Å²) in [5.41, 5.74) is 6.29. The van der Waals surface area contributed by atoms with E-state index in [1.54, 1.807) is 12.1 Å². The molecule has 3 N–H and O–H groups in total. The largest absolute Gasteiger partial charge is 0.396 e. The molecular formula is C11H15F2NO. The van der Waals surface area contributed by atoms with Gasteiger partial charge >= 0.3 is 0 Å². The quantitative estimate of drug-likeness (QED) is 0.808. The van der Waals surface area contributed by atoms with E-state index in [0.29, 0.717) is 12.0 Å². The van der Waals surface area contributed by atoms with Gasteiger partial charge in [0.1, 0.15) is 0 Å². The molecule has 0 radical (unpaired) electrons. The Hall–Kier alpha value is -1.00. The minimum atomic E-state index is -2.85. The Morgan fingerprint density at radius 2 is 2.13 bits per heavy atom. The lowest BCUT2D eigenvalue weighted by Gasteiger charge is -2.15. The van der Waals surface area contributed by atoms with Crippen molar-refractivity contribution in [3.05, 3.63) is 35.4 Å². The molecule has 0 fully saturated rings. The van der Waals surface area contributed by atoms with Crippen molar-refractivity contribution >= 4 is 0 Å². The number of benzene rings is 1. The van der Waals surface area contributed by atoms with E-state index in [0.717, 1.165) is 6.92 Å². The third-order valence-corrected chi connectivity index (χ3v) is 2.26. The summed E-state index contributed by atoms with van der Waals surface area (Å²) in [7, 11) is 0. The van der Waals surface area contributed by atoms with Gasteiger partial charge in [0.15, 0.2) is 0 Å². The lowest BCUT2D eigenvalue weighted by Crippen LogP contribution is -2.14. The Balaban J connectivity index is 2.92. The molecular weight excluding hydrogens is 200 g/mol. The van der Waals surface area contributed by atoms with Crippen LogP contribution in [0.5, 0.6) is 0 Å². The maximum Gasteiger partial charge on any atom is 0.270 e. The van der Waals surface area contributed by atoms with Crippen LogP contribution in [0.1, 0.15) is 30.5 Å². The Morgan fingerprint density at radius 1 is 1.47 bits per heavy atom. The van der Waals surface area contributed by atoms with Crippen molar-refractivity contribution in [2.75, 3.05) is 6.61 Å². The van der Waals surface area contributed by atoms with Crippen molar-refractivity contribution in [3.8, 4) is 0 Å². The molecule has 0 aliphatic heterocycles. The lowest BCUT2D eigenvalue weighted by atomic mass is 10.0. The first kappa shape index (κ1) is 12.1. The molecule has 84 valence electrons. The molecule has 2 nitrogen and oxygen atoms in total. The van der Waals surface area contributed by atoms with Gasteiger partial charge in [-0.05, 0) is 18.1 Å². The number of nitrogens with two attached hydrogens (primary N) is 1. The van der Waals surface area contributed by atoms with Crippen molar-refractivity contribution in [2.24, 2.45) is 5.73 Å². The Bertz CT molecular complexity index is 323. The number of rotatable bonds is 4. The Morgan fingerprint density at radius 3 is 2.67 bits per heavy atom. The summed E-state index contributed by atoms with van der Waals surface area (Å²) in [6.45, 7) is 0.803. The highest BCUT2D eigenvalue weighted by Gasteiger charge is 2.24. The van der Waals surface area contributed by atoms with Crippen molar-refractivity contribution in [2.45, 2.75) is 25.3 Å². The average molecular weight is 215 g/mol. The van der Waals surface area contributed by atoms with Gasteiger partial charge in [-0.3, -0.25) is 0 Å². The number of halogens is 2. The monoisotopic (exact) mass is 215 g/mol. The normalized spacial score (nSPS) is 13.9. The first-order valence-corrected chi connectivity index (χ1v) is 4.80. The molecule has 0 saturated heterocycles. The van der Waals surface area contributed by atoms with Gasteiger partial charge in [-0.1, -0.05) is 18.2 Å². The van der Waals surface area contributed by atoms with Crippen molar-refractivity contribution in [3.63, 3.8) is 0 Å². The van der Waals surface area contributed by atoms with E-state index in [-0.39, 0.29) is 12.2 Å². The van der Waals surface area contributed by atoms with Crippen molar-refractivity contribution in [1.29, 1.82) is 0 Å². The van der Waals surface area contributed by atoms with Crippen molar-refractivity contribution < 1.29 is 13.9 Å². The molecule has 0 heterocycles. The van der Waals surface area contributed by atoms with Gasteiger partial charge in [0.25, 0.3) is 5.92 Å². The number of hydrogen-bond donors (Lipinski definition) is 2. The standard InChI is InChI=1S/C11H15F2NO/c1-11(12,13)9-4-2-3-8(7-9)10(14)5-6-15/h2-4,7,10,15H,5-6,14H2,1H3. The molecule has 0 aliphatic carbocycles. The highest BCUT2D eigenvalue weighted by Crippen LogP contribution is 2.28. The van der Waals surface area contributed by atoms with Gasteiger partial charge in [-0.15, -0.1) is 0 Å². The van der Waals surface area contributed by atoms with Crippen LogP contribution in [0.4, 0.5) is 8.78 Å². The van der Waals surface area contributed by atoms with E-state index in [2.05, 4.69) is 0 Å². The van der Waals surface area contributed by atoms with E-state index >= 15 is 0 Å². The smallest absolute Gasteiger partial charge is 0.270 e. The maximum absolute atomic E-state index is 13.0. The molecule has 15 heavy (non-hydrogen) atoms. The van der Waals surface area contributed by atoms with Crippen LogP contribution in [0.3, 0.4) is 0 Å². The minimum absolute atomic E-state index is 0.0477. The molecule has 0 saturated carbocycles. The first-order valence-electron chi connectivity index (χ1n) is 4.80. The van der Waals surface area contributed by atoms with Crippen LogP contribution in [0, 0.1) is 0 Å². The highest BCUT2D eigenvalue weighted by molar-refractivity contribution is 5.28. The molecule has 0 aliphatic rings. The molecule has 0 spiro atoms. The molecule has 0 amide bonds. The Kier molecular flexibility index (Phi) is 3.77.